The van der Waals surface area contributed by atoms with Gasteiger partial charge in [-0.15, -0.1) is 0 Å². The van der Waals surface area contributed by atoms with Crippen molar-refractivity contribution in [1.82, 2.24) is 0 Å². The second kappa shape index (κ2) is 8.82. The lowest BCUT2D eigenvalue weighted by Crippen LogP contribution is -2.43. The normalized spacial score (nSPS) is 16.4. The number of rotatable bonds is 6. The third-order valence-corrected chi connectivity index (χ3v) is 4.92. The fourth-order valence-corrected chi connectivity index (χ4v) is 3.56. The third-order valence-electron chi connectivity index (χ3n) is 4.92. The molecule has 1 aliphatic heterocycles. The van der Waals surface area contributed by atoms with Gasteiger partial charge in [-0.25, -0.2) is 4.79 Å². The fourth-order valence-electron chi connectivity index (χ4n) is 3.56. The number of methoxy groups -OCH3 is 2. The monoisotopic (exact) mass is 395 g/mol. The van der Waals surface area contributed by atoms with Crippen LogP contribution in [0.3, 0.4) is 0 Å². The fraction of sp³-hybridized carbons (Fsp3) is 0.304. The van der Waals surface area contributed by atoms with E-state index in [4.69, 9.17) is 14.2 Å². The lowest BCUT2D eigenvalue weighted by Gasteiger charge is -2.25. The molecule has 0 N–H and O–H groups in total. The van der Waals surface area contributed by atoms with Gasteiger partial charge in [-0.05, 0) is 44.0 Å². The highest BCUT2D eigenvalue weighted by Crippen LogP contribution is 2.33. The molecule has 0 fully saturated rings. The van der Waals surface area contributed by atoms with Crippen LogP contribution in [0.2, 0.25) is 0 Å². The number of fused-ring (bicyclic) bond motifs is 1. The largest absolute Gasteiger partial charge is 0.493 e. The van der Waals surface area contributed by atoms with E-state index in [2.05, 4.69) is 0 Å². The maximum Gasteiger partial charge on any atom is 0.331 e. The van der Waals surface area contributed by atoms with Crippen molar-refractivity contribution in [2.24, 2.45) is 0 Å². The molecule has 0 bridgehead atoms. The zero-order chi connectivity index (χ0) is 21.0. The minimum atomic E-state index is -0.895. The Morgan fingerprint density at radius 2 is 1.86 bits per heavy atom. The molecule has 29 heavy (non-hydrogen) atoms. The lowest BCUT2D eigenvalue weighted by atomic mass is 10.1. The van der Waals surface area contributed by atoms with Crippen molar-refractivity contribution in [1.29, 1.82) is 0 Å². The molecule has 152 valence electrons. The van der Waals surface area contributed by atoms with Crippen molar-refractivity contribution in [2.75, 3.05) is 19.1 Å². The van der Waals surface area contributed by atoms with Crippen LogP contribution < -0.4 is 14.4 Å². The summed E-state index contributed by atoms with van der Waals surface area (Å²) in [5, 5.41) is 0. The second-order valence-electron chi connectivity index (χ2n) is 6.89. The van der Waals surface area contributed by atoms with Crippen LogP contribution in [-0.4, -0.2) is 38.2 Å². The molecule has 0 aliphatic carbocycles. The van der Waals surface area contributed by atoms with E-state index in [-0.39, 0.29) is 11.9 Å². The summed E-state index contributed by atoms with van der Waals surface area (Å²) in [4.78, 5) is 26.9. The molecule has 0 saturated heterocycles. The molecule has 3 rings (SSSR count). The number of carbonyl (C=O) groups excluding carboxylic acids is 2. The number of carbonyl (C=O) groups is 2. The first kappa shape index (κ1) is 20.5. The van der Waals surface area contributed by atoms with Gasteiger partial charge in [0.05, 0.1) is 14.2 Å². The van der Waals surface area contributed by atoms with E-state index in [1.165, 1.54) is 13.2 Å². The average Bonchev–Trinajstić information content (AvgIpc) is 3.06. The van der Waals surface area contributed by atoms with Crippen LogP contribution in [0.25, 0.3) is 6.08 Å². The minimum absolute atomic E-state index is 0.0256. The SMILES string of the molecule is COc1cccc(/C=C/C(=O)O[C@H](C)C(=O)N2c3ccccc3C[C@H]2C)c1OC. The van der Waals surface area contributed by atoms with Crippen molar-refractivity contribution in [2.45, 2.75) is 32.4 Å². The Balaban J connectivity index is 1.68. The van der Waals surface area contributed by atoms with E-state index in [9.17, 15) is 9.59 Å². The summed E-state index contributed by atoms with van der Waals surface area (Å²) in [5.74, 6) is 0.248. The van der Waals surface area contributed by atoms with Gasteiger partial charge >= 0.3 is 5.97 Å². The lowest BCUT2D eigenvalue weighted by molar-refractivity contribution is -0.149. The van der Waals surface area contributed by atoms with E-state index in [0.717, 1.165) is 17.7 Å². The quantitative estimate of drug-likeness (QED) is 0.552. The smallest absolute Gasteiger partial charge is 0.331 e. The molecule has 0 aromatic heterocycles. The predicted octanol–water partition coefficient (Wildman–Crippen LogP) is 3.63. The number of anilines is 1. The molecule has 1 amide bonds. The Morgan fingerprint density at radius 3 is 2.59 bits per heavy atom. The first-order chi connectivity index (χ1) is 14.0. The number of benzene rings is 2. The summed E-state index contributed by atoms with van der Waals surface area (Å²) in [6.45, 7) is 3.58. The topological polar surface area (TPSA) is 65.1 Å². The van der Waals surface area contributed by atoms with Crippen LogP contribution in [0.4, 0.5) is 5.69 Å². The molecular formula is C23H25NO5. The summed E-state index contributed by atoms with van der Waals surface area (Å²) in [6.07, 6.45) is 2.75. The second-order valence-corrected chi connectivity index (χ2v) is 6.89. The summed E-state index contributed by atoms with van der Waals surface area (Å²) in [6, 6.07) is 13.2. The molecule has 0 radical (unpaired) electrons. The zero-order valence-electron chi connectivity index (χ0n) is 17.0. The van der Waals surface area contributed by atoms with Crippen LogP contribution >= 0.6 is 0 Å². The number of esters is 1. The van der Waals surface area contributed by atoms with E-state index in [1.54, 1.807) is 43.2 Å². The van der Waals surface area contributed by atoms with Crippen LogP contribution in [0.1, 0.15) is 25.0 Å². The van der Waals surface area contributed by atoms with E-state index < -0.39 is 12.1 Å². The highest BCUT2D eigenvalue weighted by atomic mass is 16.5. The third kappa shape index (κ3) is 4.26. The van der Waals surface area contributed by atoms with Gasteiger partial charge in [0.25, 0.3) is 5.91 Å². The van der Waals surface area contributed by atoms with Crippen molar-refractivity contribution in [3.8, 4) is 11.5 Å². The molecular weight excluding hydrogens is 370 g/mol. The van der Waals surface area contributed by atoms with Crippen LogP contribution in [0.5, 0.6) is 11.5 Å². The molecule has 1 heterocycles. The molecule has 0 unspecified atom stereocenters. The number of hydrogen-bond acceptors (Lipinski definition) is 5. The van der Waals surface area contributed by atoms with Gasteiger partial charge in [0.15, 0.2) is 17.6 Å². The number of hydrogen-bond donors (Lipinski definition) is 0. The predicted molar refractivity (Wildman–Crippen MR) is 111 cm³/mol. The summed E-state index contributed by atoms with van der Waals surface area (Å²) in [7, 11) is 3.08. The molecule has 2 atom stereocenters. The molecule has 0 saturated carbocycles. The summed E-state index contributed by atoms with van der Waals surface area (Å²) in [5.41, 5.74) is 2.67. The Morgan fingerprint density at radius 1 is 1.10 bits per heavy atom. The highest BCUT2D eigenvalue weighted by molar-refractivity contribution is 6.00. The van der Waals surface area contributed by atoms with Crippen molar-refractivity contribution in [3.63, 3.8) is 0 Å². The standard InChI is InChI=1S/C23H25NO5/c1-15-14-18-8-5-6-10-19(18)24(15)23(26)16(2)29-21(25)13-12-17-9-7-11-20(27-3)22(17)28-4/h5-13,15-16H,14H2,1-4H3/b13-12+/t15-,16-/m1/s1. The summed E-state index contributed by atoms with van der Waals surface area (Å²) < 4.78 is 15.9. The van der Waals surface area contributed by atoms with Gasteiger partial charge in [0.2, 0.25) is 0 Å². The maximum absolute atomic E-state index is 12.9. The maximum atomic E-state index is 12.9. The van der Waals surface area contributed by atoms with Gasteiger partial charge in [0.1, 0.15) is 0 Å². The molecule has 6 nitrogen and oxygen atoms in total. The highest BCUT2D eigenvalue weighted by Gasteiger charge is 2.34. The van der Waals surface area contributed by atoms with Gasteiger partial charge in [-0.1, -0.05) is 30.3 Å². The molecule has 6 heteroatoms. The Labute approximate surface area is 170 Å². The summed E-state index contributed by atoms with van der Waals surface area (Å²) >= 11 is 0. The van der Waals surface area contributed by atoms with Crippen LogP contribution in [0.15, 0.2) is 48.5 Å². The minimum Gasteiger partial charge on any atom is -0.493 e. The Hall–Kier alpha value is -3.28. The van der Waals surface area contributed by atoms with Gasteiger partial charge in [-0.3, -0.25) is 4.79 Å². The number of nitrogens with zero attached hydrogens (tertiary/aromatic N) is 1. The number of para-hydroxylation sites is 2. The van der Waals surface area contributed by atoms with Gasteiger partial charge in [-0.2, -0.15) is 0 Å². The molecule has 0 spiro atoms. The number of amides is 1. The average molecular weight is 395 g/mol. The first-order valence-electron chi connectivity index (χ1n) is 9.47. The first-order valence-corrected chi connectivity index (χ1v) is 9.47. The van der Waals surface area contributed by atoms with Gasteiger partial charge < -0.3 is 19.1 Å². The Kier molecular flexibility index (Phi) is 6.22. The zero-order valence-corrected chi connectivity index (χ0v) is 17.0. The molecule has 2 aromatic rings. The molecule has 2 aromatic carbocycles. The van der Waals surface area contributed by atoms with E-state index in [0.29, 0.717) is 17.1 Å². The number of ether oxygens (including phenoxy) is 3. The molecule has 1 aliphatic rings. The van der Waals surface area contributed by atoms with E-state index in [1.807, 2.05) is 31.2 Å². The van der Waals surface area contributed by atoms with Crippen molar-refractivity contribution < 1.29 is 23.8 Å². The van der Waals surface area contributed by atoms with Crippen molar-refractivity contribution >= 4 is 23.6 Å². The van der Waals surface area contributed by atoms with E-state index >= 15 is 0 Å². The van der Waals surface area contributed by atoms with Crippen LogP contribution in [-0.2, 0) is 20.7 Å². The van der Waals surface area contributed by atoms with Gasteiger partial charge in [0, 0.05) is 23.4 Å². The Bertz CT molecular complexity index is 937. The van der Waals surface area contributed by atoms with Crippen molar-refractivity contribution in [3.05, 3.63) is 59.7 Å². The van der Waals surface area contributed by atoms with Crippen LogP contribution in [0, 0.1) is 0 Å².